The molecular formula is C19H27ClN4O. The third-order valence-corrected chi connectivity index (χ3v) is 5.02. The van der Waals surface area contributed by atoms with Crippen molar-refractivity contribution in [3.8, 4) is 5.69 Å². The van der Waals surface area contributed by atoms with E-state index in [4.69, 9.17) is 0 Å². The Bertz CT molecular complexity index is 708. The van der Waals surface area contributed by atoms with Crippen LogP contribution in [0.25, 0.3) is 5.69 Å². The van der Waals surface area contributed by atoms with E-state index >= 15 is 0 Å². The minimum atomic E-state index is 0. The van der Waals surface area contributed by atoms with Crippen LogP contribution < -0.4 is 5.32 Å². The number of nitrogens with zero attached hydrogens (tertiary/aromatic N) is 3. The monoisotopic (exact) mass is 362 g/mol. The van der Waals surface area contributed by atoms with Crippen molar-refractivity contribution in [1.82, 2.24) is 20.0 Å². The van der Waals surface area contributed by atoms with Gasteiger partial charge in [0.05, 0.1) is 17.8 Å². The lowest BCUT2D eigenvalue weighted by atomic mass is 10.0. The number of carbonyl (C=O) groups excluding carboxylic acids is 1. The van der Waals surface area contributed by atoms with Crippen molar-refractivity contribution in [3.05, 3.63) is 47.3 Å². The van der Waals surface area contributed by atoms with E-state index in [2.05, 4.69) is 10.4 Å². The summed E-state index contributed by atoms with van der Waals surface area (Å²) in [6, 6.07) is 10.4. The predicted octanol–water partition coefficient (Wildman–Crippen LogP) is 2.66. The largest absolute Gasteiger partial charge is 0.342 e. The van der Waals surface area contributed by atoms with Gasteiger partial charge < -0.3 is 10.2 Å². The number of hydrogen-bond donors (Lipinski definition) is 1. The van der Waals surface area contributed by atoms with Crippen LogP contribution in [0.3, 0.4) is 0 Å². The fourth-order valence-corrected chi connectivity index (χ4v) is 3.42. The van der Waals surface area contributed by atoms with Gasteiger partial charge in [-0.15, -0.1) is 12.4 Å². The normalized spacial score (nSPS) is 14.8. The van der Waals surface area contributed by atoms with E-state index in [1.54, 1.807) is 0 Å². The zero-order valence-corrected chi connectivity index (χ0v) is 16.0. The fraction of sp³-hybridized carbons (Fsp3) is 0.474. The Morgan fingerprint density at radius 1 is 1.24 bits per heavy atom. The Hall–Kier alpha value is -1.85. The highest BCUT2D eigenvalue weighted by Gasteiger charge is 2.24. The molecule has 1 amide bonds. The second kappa shape index (κ2) is 8.50. The number of nitrogens with one attached hydrogen (secondary N) is 1. The van der Waals surface area contributed by atoms with Crippen molar-refractivity contribution in [2.24, 2.45) is 0 Å². The summed E-state index contributed by atoms with van der Waals surface area (Å²) in [4.78, 5) is 14.7. The molecule has 5 nitrogen and oxygen atoms in total. The fourth-order valence-electron chi connectivity index (χ4n) is 3.42. The molecule has 6 heteroatoms. The number of aromatic nitrogens is 2. The number of carbonyl (C=O) groups is 1. The van der Waals surface area contributed by atoms with E-state index < -0.39 is 0 Å². The van der Waals surface area contributed by atoms with Crippen LogP contribution in [-0.4, -0.2) is 46.8 Å². The van der Waals surface area contributed by atoms with Gasteiger partial charge >= 0.3 is 0 Å². The van der Waals surface area contributed by atoms with Crippen molar-refractivity contribution >= 4 is 18.3 Å². The topological polar surface area (TPSA) is 50.2 Å². The third-order valence-electron chi connectivity index (χ3n) is 5.02. The Morgan fingerprint density at radius 3 is 2.52 bits per heavy atom. The van der Waals surface area contributed by atoms with Crippen LogP contribution >= 0.6 is 12.4 Å². The number of rotatable bonds is 4. The Morgan fingerprint density at radius 2 is 1.88 bits per heavy atom. The SMILES string of the molecule is Cc1nn(-c2ccccc2)c(C)c1CC(=O)N(C)C1CCNCC1.Cl. The molecule has 1 aliphatic rings. The maximum Gasteiger partial charge on any atom is 0.227 e. The molecule has 0 radical (unpaired) electrons. The first-order chi connectivity index (χ1) is 11.6. The molecule has 0 bridgehead atoms. The molecule has 0 saturated carbocycles. The summed E-state index contributed by atoms with van der Waals surface area (Å²) >= 11 is 0. The van der Waals surface area contributed by atoms with Crippen LogP contribution in [0, 0.1) is 13.8 Å². The molecule has 136 valence electrons. The number of amides is 1. The number of aryl methyl sites for hydroxylation is 1. The predicted molar refractivity (Wildman–Crippen MR) is 103 cm³/mol. The molecule has 1 aliphatic heterocycles. The summed E-state index contributed by atoms with van der Waals surface area (Å²) in [6.45, 7) is 6.01. The van der Waals surface area contributed by atoms with Gasteiger partial charge in [-0.1, -0.05) is 18.2 Å². The summed E-state index contributed by atoms with van der Waals surface area (Å²) in [5, 5.41) is 7.99. The highest BCUT2D eigenvalue weighted by Crippen LogP contribution is 2.20. The smallest absolute Gasteiger partial charge is 0.227 e. The van der Waals surface area contributed by atoms with Crippen molar-refractivity contribution in [3.63, 3.8) is 0 Å². The van der Waals surface area contributed by atoms with Crippen LogP contribution in [0.2, 0.25) is 0 Å². The van der Waals surface area contributed by atoms with Crippen molar-refractivity contribution in [2.75, 3.05) is 20.1 Å². The lowest BCUT2D eigenvalue weighted by molar-refractivity contribution is -0.131. The molecule has 25 heavy (non-hydrogen) atoms. The van der Waals surface area contributed by atoms with Gasteiger partial charge in [-0.3, -0.25) is 4.79 Å². The van der Waals surface area contributed by atoms with E-state index in [1.165, 1.54) is 0 Å². The maximum absolute atomic E-state index is 12.7. The zero-order chi connectivity index (χ0) is 17.1. The van der Waals surface area contributed by atoms with E-state index in [0.29, 0.717) is 12.5 Å². The summed E-state index contributed by atoms with van der Waals surface area (Å²) in [6.07, 6.45) is 2.48. The second-order valence-electron chi connectivity index (χ2n) is 6.56. The molecule has 1 fully saturated rings. The van der Waals surface area contributed by atoms with E-state index in [9.17, 15) is 4.79 Å². The first-order valence-electron chi connectivity index (χ1n) is 8.65. The van der Waals surface area contributed by atoms with Gasteiger partial charge in [0, 0.05) is 24.3 Å². The van der Waals surface area contributed by atoms with Crippen LogP contribution in [-0.2, 0) is 11.2 Å². The molecule has 1 aromatic heterocycles. The average molecular weight is 363 g/mol. The summed E-state index contributed by atoms with van der Waals surface area (Å²) in [7, 11) is 1.94. The van der Waals surface area contributed by atoms with Gasteiger partial charge in [-0.25, -0.2) is 4.68 Å². The quantitative estimate of drug-likeness (QED) is 0.909. The second-order valence-corrected chi connectivity index (χ2v) is 6.56. The van der Waals surface area contributed by atoms with E-state index in [1.807, 2.05) is 60.8 Å². The number of para-hydroxylation sites is 1. The molecule has 0 unspecified atom stereocenters. The molecule has 1 aromatic carbocycles. The minimum absolute atomic E-state index is 0. The van der Waals surface area contributed by atoms with Gasteiger partial charge in [0.2, 0.25) is 5.91 Å². The van der Waals surface area contributed by atoms with E-state index in [0.717, 1.165) is 48.6 Å². The lowest BCUT2D eigenvalue weighted by Crippen LogP contribution is -2.44. The number of piperidine rings is 1. The standard InChI is InChI=1S/C19H26N4O.ClH/c1-14-18(13-19(24)22(3)16-9-11-20-12-10-16)15(2)23(21-14)17-7-5-4-6-8-17;/h4-8,16,20H,9-13H2,1-3H3;1H. The van der Waals surface area contributed by atoms with Gasteiger partial charge in [-0.2, -0.15) is 5.10 Å². The molecule has 1 saturated heterocycles. The van der Waals surface area contributed by atoms with Crippen LogP contribution in [0.15, 0.2) is 30.3 Å². The van der Waals surface area contributed by atoms with Crippen LogP contribution in [0.5, 0.6) is 0 Å². The van der Waals surface area contributed by atoms with Crippen molar-refractivity contribution < 1.29 is 4.79 Å². The molecule has 0 aliphatic carbocycles. The third kappa shape index (κ3) is 4.22. The minimum Gasteiger partial charge on any atom is -0.342 e. The first-order valence-corrected chi connectivity index (χ1v) is 8.65. The summed E-state index contributed by atoms with van der Waals surface area (Å²) < 4.78 is 1.93. The van der Waals surface area contributed by atoms with E-state index in [-0.39, 0.29) is 18.3 Å². The van der Waals surface area contributed by atoms with Gasteiger partial charge in [-0.05, 0) is 51.9 Å². The summed E-state index contributed by atoms with van der Waals surface area (Å²) in [5.41, 5.74) is 4.06. The molecule has 0 spiro atoms. The maximum atomic E-state index is 12.7. The van der Waals surface area contributed by atoms with Crippen LogP contribution in [0.1, 0.15) is 29.8 Å². The summed E-state index contributed by atoms with van der Waals surface area (Å²) in [5.74, 6) is 0.181. The Balaban J connectivity index is 0.00000225. The highest BCUT2D eigenvalue weighted by atomic mass is 35.5. The molecule has 0 atom stereocenters. The number of benzene rings is 1. The number of hydrogen-bond acceptors (Lipinski definition) is 3. The van der Waals surface area contributed by atoms with Crippen molar-refractivity contribution in [2.45, 2.75) is 39.2 Å². The lowest BCUT2D eigenvalue weighted by Gasteiger charge is -2.31. The molecule has 3 rings (SSSR count). The first kappa shape index (κ1) is 19.5. The molecule has 2 aromatic rings. The molecule has 1 N–H and O–H groups in total. The van der Waals surface area contributed by atoms with Gasteiger partial charge in [0.25, 0.3) is 0 Å². The van der Waals surface area contributed by atoms with Crippen molar-refractivity contribution in [1.29, 1.82) is 0 Å². The zero-order valence-electron chi connectivity index (χ0n) is 15.2. The van der Waals surface area contributed by atoms with Gasteiger partial charge in [0.1, 0.15) is 0 Å². The molecule has 2 heterocycles. The number of likely N-dealkylation sites (N-methyl/N-ethyl adjacent to an activating group) is 1. The Labute approximate surface area is 155 Å². The average Bonchev–Trinajstić information content (AvgIpc) is 2.90. The highest BCUT2D eigenvalue weighted by molar-refractivity contribution is 5.85. The molecular weight excluding hydrogens is 336 g/mol. The number of halogens is 1. The van der Waals surface area contributed by atoms with Crippen LogP contribution in [0.4, 0.5) is 0 Å². The Kier molecular flexibility index (Phi) is 6.62. The van der Waals surface area contributed by atoms with Gasteiger partial charge in [0.15, 0.2) is 0 Å².